The van der Waals surface area contributed by atoms with Gasteiger partial charge in [0.25, 0.3) is 5.91 Å². The largest absolute Gasteiger partial charge is 0.452 e. The van der Waals surface area contributed by atoms with Crippen LogP contribution in [0.1, 0.15) is 10.4 Å². The number of nitrogens with one attached hydrogen (secondary N) is 1. The third-order valence-corrected chi connectivity index (χ3v) is 5.13. The van der Waals surface area contributed by atoms with Gasteiger partial charge in [-0.05, 0) is 41.8 Å². The summed E-state index contributed by atoms with van der Waals surface area (Å²) in [7, 11) is 0. The van der Waals surface area contributed by atoms with Crippen LogP contribution in [0.3, 0.4) is 0 Å². The van der Waals surface area contributed by atoms with Crippen LogP contribution in [0.25, 0.3) is 33.3 Å². The number of rotatable bonds is 5. The molecule has 0 spiro atoms. The van der Waals surface area contributed by atoms with Gasteiger partial charge in [0, 0.05) is 10.9 Å². The van der Waals surface area contributed by atoms with Crippen LogP contribution in [0.5, 0.6) is 0 Å². The van der Waals surface area contributed by atoms with Crippen molar-refractivity contribution in [3.63, 3.8) is 0 Å². The molecule has 162 valence electrons. The fourth-order valence-electron chi connectivity index (χ4n) is 3.63. The van der Waals surface area contributed by atoms with E-state index in [9.17, 15) is 14.0 Å². The Bertz CT molecular complexity index is 1470. The molecule has 5 aromatic rings. The second-order valence-corrected chi connectivity index (χ2v) is 7.30. The smallest absolute Gasteiger partial charge is 0.339 e. The third-order valence-electron chi connectivity index (χ3n) is 5.13. The van der Waals surface area contributed by atoms with Gasteiger partial charge in [-0.15, -0.1) is 0 Å². The summed E-state index contributed by atoms with van der Waals surface area (Å²) in [6, 6.07) is 23.9. The predicted octanol–water partition coefficient (Wildman–Crippen LogP) is 5.58. The van der Waals surface area contributed by atoms with Crippen LogP contribution >= 0.6 is 0 Å². The molecule has 0 aliphatic carbocycles. The van der Waals surface area contributed by atoms with E-state index >= 15 is 0 Å². The first kappa shape index (κ1) is 20.4. The number of para-hydroxylation sites is 3. The minimum absolute atomic E-state index is 0.0157. The maximum Gasteiger partial charge on any atom is 0.339 e. The molecule has 0 unspecified atom stereocenters. The van der Waals surface area contributed by atoms with Crippen LogP contribution in [0, 0.1) is 5.82 Å². The van der Waals surface area contributed by atoms with Gasteiger partial charge in [0.05, 0.1) is 11.3 Å². The van der Waals surface area contributed by atoms with Gasteiger partial charge in [0.1, 0.15) is 11.3 Å². The van der Waals surface area contributed by atoms with Crippen molar-refractivity contribution >= 4 is 39.4 Å². The predicted molar refractivity (Wildman–Crippen MR) is 122 cm³/mol. The zero-order valence-corrected chi connectivity index (χ0v) is 17.2. The molecule has 1 N–H and O–H groups in total. The van der Waals surface area contributed by atoms with Gasteiger partial charge in [-0.3, -0.25) is 4.79 Å². The second-order valence-electron chi connectivity index (χ2n) is 7.30. The number of fused-ring (bicyclic) bond motifs is 2. The van der Waals surface area contributed by atoms with Crippen molar-refractivity contribution in [1.29, 1.82) is 0 Å². The second kappa shape index (κ2) is 8.55. The molecule has 1 amide bonds. The first-order chi connectivity index (χ1) is 16.1. The zero-order chi connectivity index (χ0) is 22.8. The van der Waals surface area contributed by atoms with E-state index < -0.39 is 24.3 Å². The number of oxazole rings is 1. The lowest BCUT2D eigenvalue weighted by Crippen LogP contribution is -2.21. The number of halogens is 1. The molecule has 1 heterocycles. The quantitative estimate of drug-likeness (QED) is 0.361. The average molecular weight is 440 g/mol. The van der Waals surface area contributed by atoms with E-state index in [0.29, 0.717) is 27.9 Å². The molecule has 0 aliphatic rings. The minimum Gasteiger partial charge on any atom is -0.452 e. The van der Waals surface area contributed by atoms with Crippen molar-refractivity contribution in [3.05, 3.63) is 96.3 Å². The Hall–Kier alpha value is -4.52. The number of amides is 1. The Kier molecular flexibility index (Phi) is 5.28. The number of carbonyl (C=O) groups is 2. The number of esters is 1. The van der Waals surface area contributed by atoms with E-state index in [1.54, 1.807) is 18.2 Å². The van der Waals surface area contributed by atoms with E-state index in [4.69, 9.17) is 9.15 Å². The van der Waals surface area contributed by atoms with Gasteiger partial charge >= 0.3 is 5.97 Å². The molecule has 0 fully saturated rings. The highest BCUT2D eigenvalue weighted by Gasteiger charge is 2.19. The molecule has 0 bridgehead atoms. The molecule has 33 heavy (non-hydrogen) atoms. The standard InChI is InChI=1S/C26H17FN2O4/c27-19-11-1-2-12-20(19)28-23(30)15-32-26(31)18-10-6-8-16-7-5-9-17(24(16)18)25-29-21-13-3-4-14-22(21)33-25/h1-14H,15H2,(H,28,30). The van der Waals surface area contributed by atoms with Crippen LogP contribution in [0.15, 0.2) is 89.3 Å². The molecular weight excluding hydrogens is 423 g/mol. The number of hydrogen-bond acceptors (Lipinski definition) is 5. The summed E-state index contributed by atoms with van der Waals surface area (Å²) < 4.78 is 24.9. The van der Waals surface area contributed by atoms with Gasteiger partial charge in [-0.2, -0.15) is 0 Å². The minimum atomic E-state index is -0.687. The molecule has 0 radical (unpaired) electrons. The van der Waals surface area contributed by atoms with Gasteiger partial charge in [0.15, 0.2) is 12.2 Å². The Morgan fingerprint density at radius 3 is 2.48 bits per heavy atom. The van der Waals surface area contributed by atoms with Gasteiger partial charge < -0.3 is 14.5 Å². The maximum absolute atomic E-state index is 13.7. The summed E-state index contributed by atoms with van der Waals surface area (Å²) in [5.41, 5.74) is 2.25. The molecule has 6 nitrogen and oxygen atoms in total. The van der Waals surface area contributed by atoms with Crippen molar-refractivity contribution in [2.24, 2.45) is 0 Å². The Morgan fingerprint density at radius 1 is 0.909 bits per heavy atom. The maximum atomic E-state index is 13.7. The topological polar surface area (TPSA) is 81.4 Å². The number of benzene rings is 4. The van der Waals surface area contributed by atoms with Crippen molar-refractivity contribution in [2.45, 2.75) is 0 Å². The van der Waals surface area contributed by atoms with E-state index in [1.807, 2.05) is 48.5 Å². The highest BCUT2D eigenvalue weighted by atomic mass is 19.1. The van der Waals surface area contributed by atoms with E-state index in [2.05, 4.69) is 10.3 Å². The number of carbonyl (C=O) groups excluding carboxylic acids is 2. The van der Waals surface area contributed by atoms with E-state index in [1.165, 1.54) is 18.2 Å². The molecule has 0 atom stereocenters. The lowest BCUT2D eigenvalue weighted by molar-refractivity contribution is -0.119. The Balaban J connectivity index is 1.44. The molecule has 1 aromatic heterocycles. The van der Waals surface area contributed by atoms with Gasteiger partial charge in [0.2, 0.25) is 5.89 Å². The summed E-state index contributed by atoms with van der Waals surface area (Å²) in [4.78, 5) is 29.6. The highest BCUT2D eigenvalue weighted by molar-refractivity contribution is 6.10. The zero-order valence-electron chi connectivity index (χ0n) is 17.2. The SMILES string of the molecule is O=C(COC(=O)c1cccc2cccc(-c3nc4ccccc4o3)c12)Nc1ccccc1F. The first-order valence-corrected chi connectivity index (χ1v) is 10.2. The highest BCUT2D eigenvalue weighted by Crippen LogP contribution is 2.33. The molecule has 0 saturated carbocycles. The summed E-state index contributed by atoms with van der Waals surface area (Å²) >= 11 is 0. The van der Waals surface area contributed by atoms with Crippen molar-refractivity contribution in [2.75, 3.05) is 11.9 Å². The van der Waals surface area contributed by atoms with Crippen molar-refractivity contribution < 1.29 is 23.1 Å². The Morgan fingerprint density at radius 2 is 1.67 bits per heavy atom. The number of aromatic nitrogens is 1. The van der Waals surface area contributed by atoms with Crippen molar-refractivity contribution in [1.82, 2.24) is 4.98 Å². The summed E-state index contributed by atoms with van der Waals surface area (Å²) in [6.07, 6.45) is 0. The molecule has 0 aliphatic heterocycles. The molecule has 7 heteroatoms. The fraction of sp³-hybridized carbons (Fsp3) is 0.0385. The van der Waals surface area contributed by atoms with Crippen molar-refractivity contribution in [3.8, 4) is 11.5 Å². The summed E-state index contributed by atoms with van der Waals surface area (Å²) in [5.74, 6) is -1.53. The molecule has 5 rings (SSSR count). The van der Waals surface area contributed by atoms with Crippen LogP contribution in [0.2, 0.25) is 0 Å². The normalized spacial score (nSPS) is 10.9. The van der Waals surface area contributed by atoms with E-state index in [-0.39, 0.29) is 11.3 Å². The Labute approximate surface area is 187 Å². The average Bonchev–Trinajstić information content (AvgIpc) is 3.27. The van der Waals surface area contributed by atoms with Crippen LogP contribution in [-0.4, -0.2) is 23.5 Å². The number of ether oxygens (including phenoxy) is 1. The number of hydrogen-bond donors (Lipinski definition) is 1. The first-order valence-electron chi connectivity index (χ1n) is 10.2. The van der Waals surface area contributed by atoms with Crippen LogP contribution in [0.4, 0.5) is 10.1 Å². The molecule has 0 saturated heterocycles. The van der Waals surface area contributed by atoms with Gasteiger partial charge in [-0.1, -0.05) is 48.5 Å². The lowest BCUT2D eigenvalue weighted by Gasteiger charge is -2.10. The van der Waals surface area contributed by atoms with Crippen LogP contribution in [-0.2, 0) is 9.53 Å². The summed E-state index contributed by atoms with van der Waals surface area (Å²) in [5, 5.41) is 3.78. The molecular formula is C26H17FN2O4. The number of nitrogens with zero attached hydrogens (tertiary/aromatic N) is 1. The number of anilines is 1. The third kappa shape index (κ3) is 4.04. The van der Waals surface area contributed by atoms with Crippen LogP contribution < -0.4 is 5.32 Å². The summed E-state index contributed by atoms with van der Waals surface area (Å²) in [6.45, 7) is -0.561. The van der Waals surface area contributed by atoms with Gasteiger partial charge in [-0.25, -0.2) is 14.2 Å². The lowest BCUT2D eigenvalue weighted by atomic mass is 9.99. The molecule has 4 aromatic carbocycles. The fourth-order valence-corrected chi connectivity index (χ4v) is 3.63. The monoisotopic (exact) mass is 440 g/mol. The van der Waals surface area contributed by atoms with E-state index in [0.717, 1.165) is 5.39 Å².